The molecular formula is C13H25N3O. The Bertz CT molecular complexity index is 275. The monoisotopic (exact) mass is 239 g/mol. The summed E-state index contributed by atoms with van der Waals surface area (Å²) in [6.07, 6.45) is 1.90. The summed E-state index contributed by atoms with van der Waals surface area (Å²) >= 11 is 0. The molecule has 17 heavy (non-hydrogen) atoms. The topological polar surface area (TPSA) is 49.6 Å². The third kappa shape index (κ3) is 3.82. The summed E-state index contributed by atoms with van der Waals surface area (Å²) in [5.74, 6) is 0.0794. The summed E-state index contributed by atoms with van der Waals surface area (Å²) in [6.45, 7) is 14.0. The molecule has 0 spiro atoms. The Balaban J connectivity index is 2.48. The van der Waals surface area contributed by atoms with Crippen LogP contribution in [0.5, 0.6) is 0 Å². The maximum Gasteiger partial charge on any atom is 0.240 e. The van der Waals surface area contributed by atoms with Crippen molar-refractivity contribution >= 4 is 5.91 Å². The molecule has 0 aromatic carbocycles. The molecule has 1 amide bonds. The molecule has 0 aromatic rings. The van der Waals surface area contributed by atoms with Crippen LogP contribution in [-0.4, -0.2) is 54.5 Å². The molecule has 1 aliphatic heterocycles. The van der Waals surface area contributed by atoms with Crippen molar-refractivity contribution in [3.63, 3.8) is 0 Å². The molecule has 2 N–H and O–H groups in total. The van der Waals surface area contributed by atoms with Crippen LogP contribution in [0.4, 0.5) is 0 Å². The minimum absolute atomic E-state index is 0.0794. The summed E-state index contributed by atoms with van der Waals surface area (Å²) in [5.41, 5.74) is 5.83. The Kier molecular flexibility index (Phi) is 4.71. The highest BCUT2D eigenvalue weighted by Crippen LogP contribution is 2.19. The third-order valence-corrected chi connectivity index (χ3v) is 3.27. The minimum Gasteiger partial charge on any atom is -0.339 e. The molecule has 0 bridgehead atoms. The van der Waals surface area contributed by atoms with Gasteiger partial charge in [0.15, 0.2) is 0 Å². The summed E-state index contributed by atoms with van der Waals surface area (Å²) in [5, 5.41) is 0. The van der Waals surface area contributed by atoms with Gasteiger partial charge in [-0.05, 0) is 5.41 Å². The largest absolute Gasteiger partial charge is 0.339 e. The molecule has 1 heterocycles. The van der Waals surface area contributed by atoms with Crippen LogP contribution in [0.3, 0.4) is 0 Å². The van der Waals surface area contributed by atoms with Gasteiger partial charge in [-0.15, -0.1) is 6.58 Å². The third-order valence-electron chi connectivity index (χ3n) is 3.27. The Morgan fingerprint density at radius 2 is 1.88 bits per heavy atom. The fourth-order valence-electron chi connectivity index (χ4n) is 1.90. The second kappa shape index (κ2) is 5.65. The number of hydrogen-bond acceptors (Lipinski definition) is 3. The van der Waals surface area contributed by atoms with Gasteiger partial charge in [-0.1, -0.05) is 26.8 Å². The molecule has 0 aliphatic carbocycles. The lowest BCUT2D eigenvalue weighted by Crippen LogP contribution is -2.56. The van der Waals surface area contributed by atoms with E-state index in [0.29, 0.717) is 0 Å². The predicted octanol–water partition coefficient (Wildman–Crippen LogP) is 0.690. The van der Waals surface area contributed by atoms with Crippen LogP contribution in [0.15, 0.2) is 12.7 Å². The van der Waals surface area contributed by atoms with Crippen molar-refractivity contribution in [2.24, 2.45) is 11.1 Å². The van der Waals surface area contributed by atoms with Crippen LogP contribution in [0.1, 0.15) is 20.8 Å². The maximum absolute atomic E-state index is 12.2. The molecule has 1 saturated heterocycles. The molecule has 0 saturated carbocycles. The first-order chi connectivity index (χ1) is 7.86. The molecule has 1 aliphatic rings. The summed E-state index contributed by atoms with van der Waals surface area (Å²) in [4.78, 5) is 16.3. The van der Waals surface area contributed by atoms with E-state index < -0.39 is 6.04 Å². The molecule has 0 radical (unpaired) electrons. The SMILES string of the molecule is C=CCN1CCN(C(=O)C(N)C(C)(C)C)CC1. The Morgan fingerprint density at radius 3 is 2.29 bits per heavy atom. The average molecular weight is 239 g/mol. The highest BCUT2D eigenvalue weighted by Gasteiger charge is 2.32. The number of amides is 1. The summed E-state index contributed by atoms with van der Waals surface area (Å²) in [7, 11) is 0. The second-order valence-corrected chi connectivity index (χ2v) is 5.76. The summed E-state index contributed by atoms with van der Waals surface area (Å²) in [6, 6.07) is -0.409. The second-order valence-electron chi connectivity index (χ2n) is 5.76. The fraction of sp³-hybridized carbons (Fsp3) is 0.769. The van der Waals surface area contributed by atoms with Gasteiger partial charge in [0.1, 0.15) is 0 Å². The van der Waals surface area contributed by atoms with Gasteiger partial charge in [-0.25, -0.2) is 0 Å². The van der Waals surface area contributed by atoms with E-state index in [1.807, 2.05) is 31.7 Å². The molecule has 4 heteroatoms. The number of carbonyl (C=O) groups is 1. The van der Waals surface area contributed by atoms with E-state index in [9.17, 15) is 4.79 Å². The van der Waals surface area contributed by atoms with Crippen molar-refractivity contribution in [3.8, 4) is 0 Å². The van der Waals surface area contributed by atoms with Crippen LogP contribution in [0.25, 0.3) is 0 Å². The number of piperazine rings is 1. The van der Waals surface area contributed by atoms with Crippen molar-refractivity contribution in [2.75, 3.05) is 32.7 Å². The van der Waals surface area contributed by atoms with Gasteiger partial charge in [0.05, 0.1) is 6.04 Å². The van der Waals surface area contributed by atoms with Gasteiger partial charge >= 0.3 is 0 Å². The smallest absolute Gasteiger partial charge is 0.240 e. The van der Waals surface area contributed by atoms with Gasteiger partial charge in [0.25, 0.3) is 0 Å². The number of carbonyl (C=O) groups excluding carboxylic acids is 1. The van der Waals surface area contributed by atoms with Crippen molar-refractivity contribution in [2.45, 2.75) is 26.8 Å². The lowest BCUT2D eigenvalue weighted by atomic mass is 9.86. The van der Waals surface area contributed by atoms with Crippen molar-refractivity contribution in [1.82, 2.24) is 9.80 Å². The first kappa shape index (κ1) is 14.2. The van der Waals surface area contributed by atoms with E-state index >= 15 is 0 Å². The fourth-order valence-corrected chi connectivity index (χ4v) is 1.90. The van der Waals surface area contributed by atoms with Gasteiger partial charge in [0, 0.05) is 32.7 Å². The molecule has 1 atom stereocenters. The molecular weight excluding hydrogens is 214 g/mol. The van der Waals surface area contributed by atoms with Crippen LogP contribution < -0.4 is 5.73 Å². The van der Waals surface area contributed by atoms with Gasteiger partial charge < -0.3 is 10.6 Å². The van der Waals surface area contributed by atoms with Crippen molar-refractivity contribution in [3.05, 3.63) is 12.7 Å². The molecule has 0 aromatic heterocycles. The van der Waals surface area contributed by atoms with E-state index in [1.165, 1.54) is 0 Å². The van der Waals surface area contributed by atoms with E-state index in [-0.39, 0.29) is 11.3 Å². The summed E-state index contributed by atoms with van der Waals surface area (Å²) < 4.78 is 0. The first-order valence-electron chi connectivity index (χ1n) is 6.24. The zero-order valence-corrected chi connectivity index (χ0v) is 11.3. The van der Waals surface area contributed by atoms with Crippen molar-refractivity contribution < 1.29 is 4.79 Å². The van der Waals surface area contributed by atoms with E-state index in [2.05, 4.69) is 11.5 Å². The van der Waals surface area contributed by atoms with E-state index in [4.69, 9.17) is 5.73 Å². The number of hydrogen-bond donors (Lipinski definition) is 1. The van der Waals surface area contributed by atoms with Crippen LogP contribution in [0, 0.1) is 5.41 Å². The van der Waals surface area contributed by atoms with Gasteiger partial charge in [-0.2, -0.15) is 0 Å². The maximum atomic E-state index is 12.2. The average Bonchev–Trinajstić information content (AvgIpc) is 2.27. The predicted molar refractivity (Wildman–Crippen MR) is 70.6 cm³/mol. The molecule has 1 unspecified atom stereocenters. The highest BCUT2D eigenvalue weighted by molar-refractivity contribution is 5.82. The zero-order valence-electron chi connectivity index (χ0n) is 11.3. The Labute approximate surface area is 104 Å². The van der Waals surface area contributed by atoms with Gasteiger partial charge in [-0.3, -0.25) is 9.69 Å². The normalized spacial score (nSPS) is 20.1. The van der Waals surface area contributed by atoms with Crippen LogP contribution in [0.2, 0.25) is 0 Å². The number of nitrogens with zero attached hydrogens (tertiary/aromatic N) is 2. The first-order valence-corrected chi connectivity index (χ1v) is 6.24. The quantitative estimate of drug-likeness (QED) is 0.737. The Hall–Kier alpha value is -0.870. The van der Waals surface area contributed by atoms with E-state index in [0.717, 1.165) is 32.7 Å². The molecule has 1 rings (SSSR count). The van der Waals surface area contributed by atoms with Crippen LogP contribution >= 0.6 is 0 Å². The Morgan fingerprint density at radius 1 is 1.35 bits per heavy atom. The number of nitrogens with two attached hydrogens (primary N) is 1. The lowest BCUT2D eigenvalue weighted by Gasteiger charge is -2.37. The van der Waals surface area contributed by atoms with E-state index in [1.54, 1.807) is 0 Å². The van der Waals surface area contributed by atoms with Crippen LogP contribution in [-0.2, 0) is 4.79 Å². The zero-order chi connectivity index (χ0) is 13.1. The number of rotatable bonds is 3. The molecule has 4 nitrogen and oxygen atoms in total. The standard InChI is InChI=1S/C13H25N3O/c1-5-6-15-7-9-16(10-8-15)12(17)11(14)13(2,3)4/h5,11H,1,6-10,14H2,2-4H3. The van der Waals surface area contributed by atoms with Gasteiger partial charge in [0.2, 0.25) is 5.91 Å². The van der Waals surface area contributed by atoms with Crippen molar-refractivity contribution in [1.29, 1.82) is 0 Å². The lowest BCUT2D eigenvalue weighted by molar-refractivity contribution is -0.136. The molecule has 98 valence electrons. The molecule has 1 fully saturated rings. The highest BCUT2D eigenvalue weighted by atomic mass is 16.2. The minimum atomic E-state index is -0.409.